The number of allylic oxidation sites excluding steroid dienone is 1. The van der Waals surface area contributed by atoms with Crippen molar-refractivity contribution in [2.75, 3.05) is 7.11 Å². The number of carbonyl (C=O) groups is 1. The van der Waals surface area contributed by atoms with E-state index in [2.05, 4.69) is 11.1 Å². The van der Waals surface area contributed by atoms with Crippen molar-refractivity contribution in [3.8, 4) is 28.8 Å². The standard InChI is InChI=1S/C21H16N2O3S/c1-14(24)26-18-8-6-15(7-9-18)10-17(12-22)21-23-20(13-27-21)16-4-3-5-19(11-16)25-2/h3-11,13H,1-2H3/b17-10+. The van der Waals surface area contributed by atoms with Crippen LogP contribution in [0, 0.1) is 11.3 Å². The van der Waals surface area contributed by atoms with Gasteiger partial charge in [-0.15, -0.1) is 11.3 Å². The molecule has 6 heteroatoms. The number of rotatable bonds is 5. The van der Waals surface area contributed by atoms with Gasteiger partial charge in [-0.2, -0.15) is 5.26 Å². The number of carbonyl (C=O) groups excluding carboxylic acids is 1. The third-order valence-corrected chi connectivity index (χ3v) is 4.55. The van der Waals surface area contributed by atoms with Gasteiger partial charge in [0, 0.05) is 17.9 Å². The van der Waals surface area contributed by atoms with E-state index in [9.17, 15) is 10.1 Å². The molecule has 3 aromatic rings. The molecule has 0 aliphatic rings. The zero-order valence-corrected chi connectivity index (χ0v) is 15.6. The van der Waals surface area contributed by atoms with Gasteiger partial charge in [0.15, 0.2) is 0 Å². The Bertz CT molecular complexity index is 1030. The van der Waals surface area contributed by atoms with E-state index in [1.165, 1.54) is 18.3 Å². The average molecular weight is 376 g/mol. The van der Waals surface area contributed by atoms with Gasteiger partial charge < -0.3 is 9.47 Å². The van der Waals surface area contributed by atoms with Crippen molar-refractivity contribution in [3.05, 3.63) is 64.5 Å². The van der Waals surface area contributed by atoms with Crippen LogP contribution in [0.1, 0.15) is 17.5 Å². The summed E-state index contributed by atoms with van der Waals surface area (Å²) in [5.41, 5.74) is 3.01. The Kier molecular flexibility index (Phi) is 5.64. The minimum absolute atomic E-state index is 0.371. The number of nitriles is 1. The first kappa shape index (κ1) is 18.4. The van der Waals surface area contributed by atoms with Gasteiger partial charge in [-0.25, -0.2) is 4.98 Å². The zero-order chi connectivity index (χ0) is 19.2. The Labute approximate surface area is 161 Å². The van der Waals surface area contributed by atoms with Crippen molar-refractivity contribution in [2.24, 2.45) is 0 Å². The smallest absolute Gasteiger partial charge is 0.308 e. The van der Waals surface area contributed by atoms with Crippen LogP contribution in [0.25, 0.3) is 22.9 Å². The molecule has 5 nitrogen and oxygen atoms in total. The van der Waals surface area contributed by atoms with E-state index in [-0.39, 0.29) is 5.97 Å². The summed E-state index contributed by atoms with van der Waals surface area (Å²) in [5, 5.41) is 12.1. The monoisotopic (exact) mass is 376 g/mol. The molecular formula is C21H16N2O3S. The quantitative estimate of drug-likeness (QED) is 0.363. The van der Waals surface area contributed by atoms with Crippen LogP contribution in [-0.4, -0.2) is 18.1 Å². The molecule has 0 saturated carbocycles. The molecule has 0 amide bonds. The van der Waals surface area contributed by atoms with Crippen molar-refractivity contribution in [1.82, 2.24) is 4.98 Å². The predicted octanol–water partition coefficient (Wildman–Crippen LogP) is 4.81. The molecule has 0 spiro atoms. The highest BCUT2D eigenvalue weighted by molar-refractivity contribution is 7.11. The first-order chi connectivity index (χ1) is 13.1. The van der Waals surface area contributed by atoms with Crippen molar-refractivity contribution < 1.29 is 14.3 Å². The maximum absolute atomic E-state index is 11.0. The Hall–Kier alpha value is -3.43. The molecule has 27 heavy (non-hydrogen) atoms. The molecule has 0 atom stereocenters. The largest absolute Gasteiger partial charge is 0.497 e. The maximum Gasteiger partial charge on any atom is 0.308 e. The van der Waals surface area contributed by atoms with E-state index in [0.717, 1.165) is 22.6 Å². The lowest BCUT2D eigenvalue weighted by molar-refractivity contribution is -0.131. The van der Waals surface area contributed by atoms with Gasteiger partial charge in [0.25, 0.3) is 0 Å². The molecule has 134 valence electrons. The van der Waals surface area contributed by atoms with Crippen LogP contribution in [0.3, 0.4) is 0 Å². The minimum Gasteiger partial charge on any atom is -0.497 e. The second-order valence-corrected chi connectivity index (χ2v) is 6.46. The summed E-state index contributed by atoms with van der Waals surface area (Å²) in [5.74, 6) is 0.850. The maximum atomic E-state index is 11.0. The highest BCUT2D eigenvalue weighted by atomic mass is 32.1. The van der Waals surface area contributed by atoms with Gasteiger partial charge in [0.2, 0.25) is 0 Å². The SMILES string of the molecule is COc1cccc(-c2csc(/C(C#N)=C/c3ccc(OC(C)=O)cc3)n2)c1. The van der Waals surface area contributed by atoms with Gasteiger partial charge in [-0.05, 0) is 35.9 Å². The molecule has 0 bridgehead atoms. The summed E-state index contributed by atoms with van der Waals surface area (Å²) in [6, 6.07) is 16.8. The first-order valence-corrected chi connectivity index (χ1v) is 8.97. The normalized spacial score (nSPS) is 10.9. The molecule has 1 aromatic heterocycles. The summed E-state index contributed by atoms with van der Waals surface area (Å²) < 4.78 is 10.3. The van der Waals surface area contributed by atoms with Gasteiger partial charge in [-0.3, -0.25) is 4.79 Å². The van der Waals surface area contributed by atoms with E-state index in [1.807, 2.05) is 29.6 Å². The van der Waals surface area contributed by atoms with Gasteiger partial charge >= 0.3 is 5.97 Å². The number of nitrogens with zero attached hydrogens (tertiary/aromatic N) is 2. The molecule has 0 aliphatic heterocycles. The van der Waals surface area contributed by atoms with Crippen molar-refractivity contribution in [1.29, 1.82) is 5.26 Å². The summed E-state index contributed by atoms with van der Waals surface area (Å²) in [6.07, 6.45) is 1.76. The second-order valence-electron chi connectivity index (χ2n) is 5.60. The lowest BCUT2D eigenvalue weighted by atomic mass is 10.1. The van der Waals surface area contributed by atoms with Gasteiger partial charge in [0.1, 0.15) is 22.6 Å². The van der Waals surface area contributed by atoms with Crippen molar-refractivity contribution in [2.45, 2.75) is 6.92 Å². The van der Waals surface area contributed by atoms with Crippen LogP contribution >= 0.6 is 11.3 Å². The third kappa shape index (κ3) is 4.60. The molecule has 2 aromatic carbocycles. The third-order valence-electron chi connectivity index (χ3n) is 3.67. The minimum atomic E-state index is -0.371. The van der Waals surface area contributed by atoms with Crippen LogP contribution in [0.4, 0.5) is 0 Å². The zero-order valence-electron chi connectivity index (χ0n) is 14.8. The number of ether oxygens (including phenoxy) is 2. The van der Waals surface area contributed by atoms with Crippen LogP contribution in [0.5, 0.6) is 11.5 Å². The van der Waals surface area contributed by atoms with Crippen LogP contribution < -0.4 is 9.47 Å². The summed E-state index contributed by atoms with van der Waals surface area (Å²) in [6.45, 7) is 1.35. The Balaban J connectivity index is 1.86. The van der Waals surface area contributed by atoms with E-state index >= 15 is 0 Å². The summed E-state index contributed by atoms with van der Waals surface area (Å²) >= 11 is 1.41. The number of esters is 1. The lowest BCUT2D eigenvalue weighted by Gasteiger charge is -2.02. The number of hydrogen-bond acceptors (Lipinski definition) is 6. The summed E-state index contributed by atoms with van der Waals surface area (Å²) in [4.78, 5) is 15.6. The van der Waals surface area contributed by atoms with Crippen molar-refractivity contribution in [3.63, 3.8) is 0 Å². The number of thiazole rings is 1. The molecule has 0 saturated heterocycles. The number of aromatic nitrogens is 1. The Morgan fingerprint density at radius 3 is 2.63 bits per heavy atom. The molecule has 0 fully saturated rings. The Morgan fingerprint density at radius 2 is 1.96 bits per heavy atom. The summed E-state index contributed by atoms with van der Waals surface area (Å²) in [7, 11) is 1.62. The predicted molar refractivity (Wildman–Crippen MR) is 105 cm³/mol. The van der Waals surface area contributed by atoms with Crippen molar-refractivity contribution >= 4 is 29.0 Å². The fourth-order valence-electron chi connectivity index (χ4n) is 2.42. The second kappa shape index (κ2) is 8.30. The fraction of sp³-hybridized carbons (Fsp3) is 0.0952. The van der Waals surface area contributed by atoms with E-state index in [4.69, 9.17) is 9.47 Å². The van der Waals surface area contributed by atoms with Gasteiger partial charge in [-0.1, -0.05) is 24.3 Å². The Morgan fingerprint density at radius 1 is 1.19 bits per heavy atom. The molecule has 0 aliphatic carbocycles. The molecular weight excluding hydrogens is 360 g/mol. The van der Waals surface area contributed by atoms with E-state index in [0.29, 0.717) is 16.3 Å². The molecule has 0 unspecified atom stereocenters. The van der Waals surface area contributed by atoms with Gasteiger partial charge in [0.05, 0.1) is 18.4 Å². The average Bonchev–Trinajstić information content (AvgIpc) is 3.17. The number of hydrogen-bond donors (Lipinski definition) is 0. The first-order valence-electron chi connectivity index (χ1n) is 8.09. The fourth-order valence-corrected chi connectivity index (χ4v) is 3.21. The van der Waals surface area contributed by atoms with Crippen LogP contribution in [-0.2, 0) is 4.79 Å². The number of benzene rings is 2. The molecule has 3 rings (SSSR count). The number of methoxy groups -OCH3 is 1. The van der Waals surface area contributed by atoms with E-state index < -0.39 is 0 Å². The highest BCUT2D eigenvalue weighted by Crippen LogP contribution is 2.29. The lowest BCUT2D eigenvalue weighted by Crippen LogP contribution is -2.00. The van der Waals surface area contributed by atoms with Crippen LogP contribution in [0.2, 0.25) is 0 Å². The molecule has 1 heterocycles. The highest BCUT2D eigenvalue weighted by Gasteiger charge is 2.10. The van der Waals surface area contributed by atoms with E-state index in [1.54, 1.807) is 37.5 Å². The topological polar surface area (TPSA) is 72.2 Å². The molecule has 0 radical (unpaired) electrons. The van der Waals surface area contributed by atoms with Crippen LogP contribution in [0.15, 0.2) is 53.9 Å². The molecule has 0 N–H and O–H groups in total.